The third kappa shape index (κ3) is 4.72. The highest BCUT2D eigenvalue weighted by atomic mass is 35.5. The molecular formula is C28H31ClN4O4S. The highest BCUT2D eigenvalue weighted by Gasteiger charge is 2.30. The molecule has 3 heterocycles. The number of nitrogens with one attached hydrogen (secondary N) is 1. The van der Waals surface area contributed by atoms with Gasteiger partial charge in [-0.2, -0.15) is 0 Å². The van der Waals surface area contributed by atoms with Crippen molar-refractivity contribution in [1.82, 2.24) is 9.80 Å². The van der Waals surface area contributed by atoms with Gasteiger partial charge in [-0.05, 0) is 69.1 Å². The number of carbonyl (C=O) groups excluding carboxylic acids is 1. The lowest BCUT2D eigenvalue weighted by Gasteiger charge is -2.35. The predicted octanol–water partition coefficient (Wildman–Crippen LogP) is 3.94. The van der Waals surface area contributed by atoms with Gasteiger partial charge in [0.25, 0.3) is 5.91 Å². The number of piperazine rings is 1. The number of benzene rings is 2. The summed E-state index contributed by atoms with van der Waals surface area (Å²) >= 11 is 6.41. The number of hydrogen-bond donors (Lipinski definition) is 1. The molecule has 1 aliphatic carbocycles. The third-order valence-electron chi connectivity index (χ3n) is 7.87. The zero-order valence-corrected chi connectivity index (χ0v) is 23.2. The topological polar surface area (TPSA) is 86.1 Å². The molecule has 1 aromatic heterocycles. The van der Waals surface area contributed by atoms with Gasteiger partial charge in [0.2, 0.25) is 0 Å². The minimum absolute atomic E-state index is 0.172. The SMILES string of the molecule is Cc1c(N2CCN(C)CC2)ccc2c3c(c(=O)oc12)CN(C(=O)c1ccc(NS(=O)C2CC2)c(Cl)c1)CC3. The Balaban J connectivity index is 1.24. The van der Waals surface area contributed by atoms with E-state index in [2.05, 4.69) is 33.7 Å². The highest BCUT2D eigenvalue weighted by molar-refractivity contribution is 7.87. The average molecular weight is 555 g/mol. The molecule has 0 spiro atoms. The lowest BCUT2D eigenvalue weighted by molar-refractivity contribution is 0.0733. The van der Waals surface area contributed by atoms with Crippen LogP contribution in [-0.4, -0.2) is 64.9 Å². The molecule has 0 radical (unpaired) electrons. The first-order chi connectivity index (χ1) is 18.3. The number of likely N-dealkylation sites (N-methyl/N-ethyl adjacent to an activating group) is 1. The molecule has 3 aromatic rings. The molecule has 1 saturated carbocycles. The van der Waals surface area contributed by atoms with Crippen molar-refractivity contribution in [1.29, 1.82) is 0 Å². The van der Waals surface area contributed by atoms with Crippen molar-refractivity contribution in [3.8, 4) is 0 Å². The Morgan fingerprint density at radius 2 is 1.84 bits per heavy atom. The van der Waals surface area contributed by atoms with E-state index in [0.29, 0.717) is 40.4 Å². The van der Waals surface area contributed by atoms with E-state index in [1.807, 2.05) is 6.92 Å². The fourth-order valence-corrected chi connectivity index (χ4v) is 6.81. The van der Waals surface area contributed by atoms with E-state index in [-0.39, 0.29) is 23.3 Å². The number of nitrogens with zero attached hydrogens (tertiary/aromatic N) is 3. The van der Waals surface area contributed by atoms with Crippen molar-refractivity contribution >= 4 is 50.8 Å². The van der Waals surface area contributed by atoms with E-state index in [0.717, 1.165) is 61.2 Å². The zero-order chi connectivity index (χ0) is 26.6. The van der Waals surface area contributed by atoms with Crippen molar-refractivity contribution in [3.05, 3.63) is 68.0 Å². The number of fused-ring (bicyclic) bond motifs is 3. The maximum Gasteiger partial charge on any atom is 0.341 e. The normalized spacial score (nSPS) is 18.9. The maximum atomic E-state index is 13.3. The zero-order valence-electron chi connectivity index (χ0n) is 21.6. The quantitative estimate of drug-likeness (QED) is 0.481. The largest absolute Gasteiger partial charge is 0.422 e. The smallest absolute Gasteiger partial charge is 0.341 e. The molecule has 3 aliphatic rings. The number of amides is 1. The lowest BCUT2D eigenvalue weighted by Crippen LogP contribution is -2.44. The van der Waals surface area contributed by atoms with Crippen LogP contribution in [0.3, 0.4) is 0 Å². The van der Waals surface area contributed by atoms with E-state index >= 15 is 0 Å². The van der Waals surface area contributed by atoms with Crippen LogP contribution in [0, 0.1) is 6.92 Å². The van der Waals surface area contributed by atoms with Crippen LogP contribution in [0.1, 0.15) is 39.9 Å². The maximum absolute atomic E-state index is 13.3. The molecule has 1 saturated heterocycles. The first-order valence-corrected chi connectivity index (χ1v) is 14.7. The van der Waals surface area contributed by atoms with Crippen LogP contribution < -0.4 is 15.2 Å². The van der Waals surface area contributed by atoms with E-state index in [1.165, 1.54) is 0 Å². The molecular weight excluding hydrogens is 524 g/mol. The Hall–Kier alpha value is -2.88. The first-order valence-electron chi connectivity index (χ1n) is 13.1. The monoisotopic (exact) mass is 554 g/mol. The molecule has 6 rings (SSSR count). The van der Waals surface area contributed by atoms with Gasteiger partial charge in [0, 0.05) is 54.9 Å². The van der Waals surface area contributed by atoms with E-state index in [9.17, 15) is 13.8 Å². The Kier molecular flexibility index (Phi) is 6.70. The standard InChI is InChI=1S/C28H31ClN4O4S/c1-17-25(32-13-11-31(2)12-14-32)8-6-21-20-9-10-33(16-22(20)28(35)37-26(17)21)27(34)18-3-7-24(23(29)15-18)30-38(36)19-4-5-19/h3,6-8,15,19,30H,4-5,9-14,16H2,1-2H3. The van der Waals surface area contributed by atoms with Gasteiger partial charge in [-0.15, -0.1) is 0 Å². The molecule has 2 aliphatic heterocycles. The summed E-state index contributed by atoms with van der Waals surface area (Å²) in [5.74, 6) is -0.200. The summed E-state index contributed by atoms with van der Waals surface area (Å²) in [5, 5.41) is 1.47. The first kappa shape index (κ1) is 25.4. The number of rotatable bonds is 5. The fraction of sp³-hybridized carbons (Fsp3) is 0.429. The Morgan fingerprint density at radius 3 is 2.55 bits per heavy atom. The summed E-state index contributed by atoms with van der Waals surface area (Å²) in [6, 6.07) is 9.16. The second kappa shape index (κ2) is 10.0. The minimum atomic E-state index is -1.17. The summed E-state index contributed by atoms with van der Waals surface area (Å²) in [6.45, 7) is 6.58. The van der Waals surface area contributed by atoms with Gasteiger partial charge in [-0.25, -0.2) is 9.00 Å². The van der Waals surface area contributed by atoms with E-state index in [4.69, 9.17) is 16.0 Å². The number of carbonyl (C=O) groups is 1. The molecule has 1 amide bonds. The van der Waals surface area contributed by atoms with Crippen LogP contribution in [0.5, 0.6) is 0 Å². The minimum Gasteiger partial charge on any atom is -0.422 e. The molecule has 2 aromatic carbocycles. The van der Waals surface area contributed by atoms with Crippen LogP contribution in [0.2, 0.25) is 5.02 Å². The molecule has 2 fully saturated rings. The van der Waals surface area contributed by atoms with E-state index < -0.39 is 11.0 Å². The molecule has 8 nitrogen and oxygen atoms in total. The number of aryl methyl sites for hydroxylation is 1. The van der Waals surface area contributed by atoms with Crippen molar-refractivity contribution < 1.29 is 13.4 Å². The molecule has 0 bridgehead atoms. The molecule has 1 atom stereocenters. The highest BCUT2D eigenvalue weighted by Crippen LogP contribution is 2.34. The second-order valence-electron chi connectivity index (χ2n) is 10.5. The van der Waals surface area contributed by atoms with Gasteiger partial charge in [0.1, 0.15) is 16.6 Å². The summed E-state index contributed by atoms with van der Waals surface area (Å²) in [7, 11) is 0.960. The van der Waals surface area contributed by atoms with E-state index in [1.54, 1.807) is 23.1 Å². The van der Waals surface area contributed by atoms with Gasteiger partial charge in [0.15, 0.2) is 0 Å². The van der Waals surface area contributed by atoms with Gasteiger partial charge in [0.05, 0.1) is 28.1 Å². The van der Waals surface area contributed by atoms with Crippen LogP contribution in [0.4, 0.5) is 11.4 Å². The molecule has 10 heteroatoms. The van der Waals surface area contributed by atoms with Crippen LogP contribution >= 0.6 is 11.6 Å². The van der Waals surface area contributed by atoms with Crippen LogP contribution in [-0.2, 0) is 24.0 Å². The van der Waals surface area contributed by atoms with Gasteiger partial charge >= 0.3 is 5.63 Å². The molecule has 38 heavy (non-hydrogen) atoms. The number of hydrogen-bond acceptors (Lipinski definition) is 6. The Morgan fingerprint density at radius 1 is 1.08 bits per heavy atom. The summed E-state index contributed by atoms with van der Waals surface area (Å²) in [5.41, 5.74) is 4.83. The van der Waals surface area contributed by atoms with Gasteiger partial charge in [-0.3, -0.25) is 4.79 Å². The second-order valence-corrected chi connectivity index (χ2v) is 12.4. The summed E-state index contributed by atoms with van der Waals surface area (Å²) in [6.07, 6.45) is 2.47. The Bertz CT molecular complexity index is 1510. The fourth-order valence-electron chi connectivity index (χ4n) is 5.40. The predicted molar refractivity (Wildman–Crippen MR) is 152 cm³/mol. The molecule has 200 valence electrons. The summed E-state index contributed by atoms with van der Waals surface area (Å²) in [4.78, 5) is 32.8. The van der Waals surface area contributed by atoms with Crippen molar-refractivity contribution in [3.63, 3.8) is 0 Å². The molecule has 1 unspecified atom stereocenters. The molecule has 1 N–H and O–H groups in total. The van der Waals surface area contributed by atoms with Crippen molar-refractivity contribution in [2.24, 2.45) is 0 Å². The number of anilines is 2. The Labute approximate surface area is 229 Å². The van der Waals surface area contributed by atoms with Crippen LogP contribution in [0.25, 0.3) is 11.0 Å². The average Bonchev–Trinajstić information content (AvgIpc) is 3.77. The number of halogens is 1. The van der Waals surface area contributed by atoms with Crippen molar-refractivity contribution in [2.45, 2.75) is 38.0 Å². The summed E-state index contributed by atoms with van der Waals surface area (Å²) < 4.78 is 21.0. The van der Waals surface area contributed by atoms with Crippen LogP contribution in [0.15, 0.2) is 39.5 Å². The lowest BCUT2D eigenvalue weighted by atomic mass is 9.95. The van der Waals surface area contributed by atoms with Gasteiger partial charge in [-0.1, -0.05) is 11.6 Å². The third-order valence-corrected chi connectivity index (χ3v) is 9.68. The van der Waals surface area contributed by atoms with Gasteiger partial charge < -0.3 is 23.8 Å². The van der Waals surface area contributed by atoms with Crippen molar-refractivity contribution in [2.75, 3.05) is 49.4 Å².